The Kier molecular flexibility index (Phi) is 4.95. The average molecular weight is 317 g/mol. The molecule has 2 rings (SSSR count). The molecule has 0 aromatic heterocycles. The number of rotatable bonds is 3. The van der Waals surface area contributed by atoms with E-state index in [-0.39, 0.29) is 5.97 Å². The van der Waals surface area contributed by atoms with Gasteiger partial charge in [-0.25, -0.2) is 4.79 Å². The third-order valence-corrected chi connectivity index (χ3v) is 4.67. The number of ether oxygens (including phenoxy) is 1. The lowest BCUT2D eigenvalue weighted by atomic mass is 9.83. The molecule has 1 heterocycles. The zero-order chi connectivity index (χ0) is 14.8. The van der Waals surface area contributed by atoms with Crippen LogP contribution in [0.1, 0.15) is 37.0 Å². The summed E-state index contributed by atoms with van der Waals surface area (Å²) in [6.07, 6.45) is 2.14. The lowest BCUT2D eigenvalue weighted by molar-refractivity contribution is -0.665. The first kappa shape index (κ1) is 15.6. The van der Waals surface area contributed by atoms with E-state index in [0.717, 1.165) is 25.9 Å². The molecule has 0 spiro atoms. The van der Waals surface area contributed by atoms with Crippen LogP contribution in [0.4, 0.5) is 0 Å². The summed E-state index contributed by atoms with van der Waals surface area (Å²) >= 11 is 11.8. The fraction of sp³-hybridized carbons (Fsp3) is 0.533. The molecule has 0 atom stereocenters. The molecule has 3 nitrogen and oxygen atoms in total. The van der Waals surface area contributed by atoms with Crippen molar-refractivity contribution in [2.75, 3.05) is 13.1 Å². The van der Waals surface area contributed by atoms with Gasteiger partial charge in [-0.3, -0.25) is 0 Å². The van der Waals surface area contributed by atoms with E-state index in [1.807, 2.05) is 13.8 Å². The molecule has 0 bridgehead atoms. The average Bonchev–Trinajstić information content (AvgIpc) is 2.42. The van der Waals surface area contributed by atoms with E-state index in [4.69, 9.17) is 27.9 Å². The number of nitrogens with two attached hydrogens (primary N) is 1. The predicted molar refractivity (Wildman–Crippen MR) is 80.3 cm³/mol. The molecule has 0 aliphatic carbocycles. The van der Waals surface area contributed by atoms with Crippen LogP contribution in [0.15, 0.2) is 18.2 Å². The number of benzene rings is 1. The number of hydrogen-bond donors (Lipinski definition) is 1. The van der Waals surface area contributed by atoms with E-state index >= 15 is 0 Å². The molecule has 1 aromatic carbocycles. The van der Waals surface area contributed by atoms with E-state index in [1.165, 1.54) is 0 Å². The number of hydrogen-bond acceptors (Lipinski definition) is 2. The minimum atomic E-state index is -0.461. The highest BCUT2D eigenvalue weighted by molar-refractivity contribution is 6.42. The molecule has 2 N–H and O–H groups in total. The minimum Gasteiger partial charge on any atom is -0.456 e. The summed E-state index contributed by atoms with van der Waals surface area (Å²) in [6.45, 7) is 6.16. The lowest BCUT2D eigenvalue weighted by Crippen LogP contribution is -2.86. The highest BCUT2D eigenvalue weighted by atomic mass is 35.5. The fourth-order valence-electron chi connectivity index (χ4n) is 2.63. The van der Waals surface area contributed by atoms with Crippen molar-refractivity contribution >= 4 is 29.2 Å². The summed E-state index contributed by atoms with van der Waals surface area (Å²) in [4.78, 5) is 12.2. The number of esters is 1. The quantitative estimate of drug-likeness (QED) is 0.871. The molecule has 5 heteroatoms. The van der Waals surface area contributed by atoms with Crippen molar-refractivity contribution in [3.8, 4) is 0 Å². The second-order valence-electron chi connectivity index (χ2n) is 5.76. The summed E-state index contributed by atoms with van der Waals surface area (Å²) in [7, 11) is 0. The maximum Gasteiger partial charge on any atom is 0.338 e. The molecule has 0 radical (unpaired) electrons. The summed E-state index contributed by atoms with van der Waals surface area (Å²) in [5.74, 6) is 0.0577. The van der Waals surface area contributed by atoms with Crippen molar-refractivity contribution in [3.05, 3.63) is 33.8 Å². The van der Waals surface area contributed by atoms with Crippen molar-refractivity contribution in [3.63, 3.8) is 0 Å². The summed E-state index contributed by atoms with van der Waals surface area (Å²) < 4.78 is 5.70. The molecular weight excluding hydrogens is 297 g/mol. The molecule has 1 fully saturated rings. The van der Waals surface area contributed by atoms with Crippen LogP contribution in [0.3, 0.4) is 0 Å². The number of halogens is 2. The van der Waals surface area contributed by atoms with Crippen LogP contribution in [0.5, 0.6) is 0 Å². The smallest absolute Gasteiger partial charge is 0.338 e. The van der Waals surface area contributed by atoms with Gasteiger partial charge in [-0.1, -0.05) is 23.2 Å². The molecule has 20 heavy (non-hydrogen) atoms. The molecule has 110 valence electrons. The zero-order valence-corrected chi connectivity index (χ0v) is 13.3. The standard InChI is InChI=1S/C15H19Cl2NO2/c1-15(2,11-5-7-18-8-6-11)20-14(19)10-3-4-12(16)13(17)9-10/h3-4,9,11,18H,5-8H2,1-2H3/p+1. The number of piperidine rings is 1. The van der Waals surface area contributed by atoms with Crippen molar-refractivity contribution in [2.24, 2.45) is 5.92 Å². The van der Waals surface area contributed by atoms with Crippen molar-refractivity contribution in [1.29, 1.82) is 0 Å². The van der Waals surface area contributed by atoms with Gasteiger partial charge in [0, 0.05) is 18.8 Å². The number of quaternary nitrogens is 1. The van der Waals surface area contributed by atoms with Gasteiger partial charge in [-0.05, 0) is 32.0 Å². The Morgan fingerprint density at radius 3 is 2.50 bits per heavy atom. The largest absolute Gasteiger partial charge is 0.456 e. The van der Waals surface area contributed by atoms with E-state index in [0.29, 0.717) is 21.5 Å². The van der Waals surface area contributed by atoms with Crippen molar-refractivity contribution < 1.29 is 14.8 Å². The molecule has 0 unspecified atom stereocenters. The van der Waals surface area contributed by atoms with Gasteiger partial charge in [-0.2, -0.15) is 0 Å². The zero-order valence-electron chi connectivity index (χ0n) is 11.8. The van der Waals surface area contributed by atoms with Crippen LogP contribution in [0.2, 0.25) is 10.0 Å². The van der Waals surface area contributed by atoms with E-state index in [9.17, 15) is 4.79 Å². The normalized spacial score (nSPS) is 17.0. The third kappa shape index (κ3) is 3.66. The third-order valence-electron chi connectivity index (χ3n) is 3.93. The molecule has 1 aromatic rings. The van der Waals surface area contributed by atoms with Gasteiger partial charge >= 0.3 is 5.97 Å². The van der Waals surface area contributed by atoms with Crippen LogP contribution in [0, 0.1) is 5.92 Å². The second-order valence-corrected chi connectivity index (χ2v) is 6.58. The van der Waals surface area contributed by atoms with Crippen LogP contribution in [-0.4, -0.2) is 24.7 Å². The van der Waals surface area contributed by atoms with E-state index in [2.05, 4.69) is 5.32 Å². The Morgan fingerprint density at radius 1 is 1.25 bits per heavy atom. The van der Waals surface area contributed by atoms with Crippen LogP contribution in [-0.2, 0) is 4.74 Å². The first-order chi connectivity index (χ1) is 9.40. The minimum absolute atomic E-state index is 0.344. The van der Waals surface area contributed by atoms with E-state index < -0.39 is 5.60 Å². The van der Waals surface area contributed by atoms with Gasteiger partial charge in [0.15, 0.2) is 0 Å². The maximum atomic E-state index is 12.2. The molecule has 1 saturated heterocycles. The van der Waals surface area contributed by atoms with Crippen LogP contribution < -0.4 is 5.32 Å². The van der Waals surface area contributed by atoms with Crippen LogP contribution >= 0.6 is 23.2 Å². The van der Waals surface area contributed by atoms with Gasteiger partial charge < -0.3 is 10.1 Å². The highest BCUT2D eigenvalue weighted by Crippen LogP contribution is 2.30. The van der Waals surface area contributed by atoms with Crippen molar-refractivity contribution in [1.82, 2.24) is 0 Å². The van der Waals surface area contributed by atoms with E-state index in [1.54, 1.807) is 18.2 Å². The van der Waals surface area contributed by atoms with Gasteiger partial charge in [0.05, 0.1) is 28.7 Å². The Hall–Kier alpha value is -0.770. The Bertz CT molecular complexity index is 497. The van der Waals surface area contributed by atoms with Gasteiger partial charge in [0.1, 0.15) is 5.60 Å². The second kappa shape index (κ2) is 6.33. The van der Waals surface area contributed by atoms with Gasteiger partial charge in [0.2, 0.25) is 0 Å². The molecule has 1 aliphatic rings. The maximum absolute atomic E-state index is 12.2. The number of carbonyl (C=O) groups is 1. The van der Waals surface area contributed by atoms with Gasteiger partial charge in [-0.15, -0.1) is 0 Å². The number of carbonyl (C=O) groups excluding carboxylic acids is 1. The monoisotopic (exact) mass is 316 g/mol. The van der Waals surface area contributed by atoms with Gasteiger partial charge in [0.25, 0.3) is 0 Å². The molecule has 0 saturated carbocycles. The Balaban J connectivity index is 2.07. The topological polar surface area (TPSA) is 42.9 Å². The fourth-order valence-corrected chi connectivity index (χ4v) is 2.92. The predicted octanol–water partition coefficient (Wildman–Crippen LogP) is 2.90. The Labute approximate surface area is 129 Å². The molecule has 0 amide bonds. The highest BCUT2D eigenvalue weighted by Gasteiger charge is 2.35. The lowest BCUT2D eigenvalue weighted by Gasteiger charge is -2.35. The Morgan fingerprint density at radius 2 is 1.90 bits per heavy atom. The van der Waals surface area contributed by atoms with Crippen LogP contribution in [0.25, 0.3) is 0 Å². The SMILES string of the molecule is CC(C)(OC(=O)c1ccc(Cl)c(Cl)c1)C1CC[NH2+]CC1. The molecule has 1 aliphatic heterocycles. The summed E-state index contributed by atoms with van der Waals surface area (Å²) in [6, 6.07) is 4.81. The molecular formula is C15H20Cl2NO2+. The first-order valence-corrected chi connectivity index (χ1v) is 7.66. The van der Waals surface area contributed by atoms with Crippen molar-refractivity contribution in [2.45, 2.75) is 32.3 Å². The first-order valence-electron chi connectivity index (χ1n) is 6.90. The summed E-state index contributed by atoms with van der Waals surface area (Å²) in [5.41, 5.74) is -0.0212. The summed E-state index contributed by atoms with van der Waals surface area (Å²) in [5, 5.41) is 3.10.